The first-order valence-electron chi connectivity index (χ1n) is 8.02. The lowest BCUT2D eigenvalue weighted by atomic mass is 9.91. The van der Waals surface area contributed by atoms with Gasteiger partial charge in [0.25, 0.3) is 0 Å². The van der Waals surface area contributed by atoms with E-state index in [9.17, 15) is 0 Å². The van der Waals surface area contributed by atoms with E-state index in [1.807, 2.05) is 0 Å². The molecule has 0 amide bonds. The van der Waals surface area contributed by atoms with Crippen LogP contribution in [-0.2, 0) is 9.47 Å². The zero-order valence-electron chi connectivity index (χ0n) is 14.7. The van der Waals surface area contributed by atoms with Gasteiger partial charge in [0, 0.05) is 33.1 Å². The van der Waals surface area contributed by atoms with Crippen molar-refractivity contribution in [1.82, 2.24) is 0 Å². The van der Waals surface area contributed by atoms with Crippen molar-refractivity contribution >= 4 is 8.07 Å². The van der Waals surface area contributed by atoms with E-state index in [0.29, 0.717) is 5.92 Å². The van der Waals surface area contributed by atoms with Crippen LogP contribution in [0.25, 0.3) is 0 Å². The molecule has 22 heavy (non-hydrogen) atoms. The van der Waals surface area contributed by atoms with Crippen LogP contribution >= 0.6 is 0 Å². The van der Waals surface area contributed by atoms with Gasteiger partial charge in [-0.2, -0.15) is 0 Å². The van der Waals surface area contributed by atoms with Gasteiger partial charge in [0.05, 0.1) is 8.07 Å². The van der Waals surface area contributed by atoms with Crippen LogP contribution in [0, 0.1) is 11.8 Å². The van der Waals surface area contributed by atoms with Crippen molar-refractivity contribution in [1.29, 1.82) is 0 Å². The largest absolute Gasteiger partial charge is 0.356 e. The van der Waals surface area contributed by atoms with Crippen LogP contribution in [0.5, 0.6) is 0 Å². The van der Waals surface area contributed by atoms with Gasteiger partial charge in [0.2, 0.25) is 0 Å². The average molecular weight is 319 g/mol. The molecule has 1 rings (SSSR count). The maximum Gasteiger partial charge on any atom is 0.157 e. The minimum atomic E-state index is -1.05. The molecule has 0 aromatic heterocycles. The molecular formula is C19H30O2Si. The Kier molecular flexibility index (Phi) is 8.48. The predicted molar refractivity (Wildman–Crippen MR) is 96.8 cm³/mol. The molecule has 1 atom stereocenters. The summed E-state index contributed by atoms with van der Waals surface area (Å²) < 4.78 is 10.7. The zero-order chi connectivity index (χ0) is 16.4. The molecule has 0 spiro atoms. The van der Waals surface area contributed by atoms with Crippen molar-refractivity contribution in [2.75, 3.05) is 14.2 Å². The first kappa shape index (κ1) is 19.0. The quantitative estimate of drug-likeness (QED) is 0.385. The Hall–Kier alpha value is -1.08. The lowest BCUT2D eigenvalue weighted by Gasteiger charge is -2.21. The Morgan fingerprint density at radius 1 is 1.00 bits per heavy atom. The van der Waals surface area contributed by atoms with E-state index < -0.39 is 8.07 Å². The average Bonchev–Trinajstić information content (AvgIpc) is 2.50. The summed E-state index contributed by atoms with van der Waals surface area (Å²) in [6.45, 7) is 7.07. The molecule has 0 aliphatic rings. The van der Waals surface area contributed by atoms with Gasteiger partial charge < -0.3 is 9.47 Å². The van der Waals surface area contributed by atoms with Gasteiger partial charge >= 0.3 is 0 Å². The summed E-state index contributed by atoms with van der Waals surface area (Å²) in [4.78, 5) is 0. The summed E-state index contributed by atoms with van der Waals surface area (Å²) in [6.07, 6.45) is 2.70. The van der Waals surface area contributed by atoms with E-state index in [0.717, 1.165) is 25.3 Å². The third-order valence-corrected chi connectivity index (χ3v) is 4.87. The molecule has 0 bridgehead atoms. The SMILES string of the molecule is COC(CC(CCC#CC[Si](C)(C)C)c1ccccc1)OC. The first-order valence-corrected chi connectivity index (χ1v) is 11.7. The van der Waals surface area contributed by atoms with Crippen LogP contribution in [-0.4, -0.2) is 28.6 Å². The van der Waals surface area contributed by atoms with Crippen molar-refractivity contribution in [2.24, 2.45) is 0 Å². The molecule has 1 aromatic carbocycles. The molecule has 0 heterocycles. The maximum absolute atomic E-state index is 5.37. The highest BCUT2D eigenvalue weighted by molar-refractivity contribution is 6.76. The van der Waals surface area contributed by atoms with Crippen LogP contribution < -0.4 is 0 Å². The maximum atomic E-state index is 5.37. The second-order valence-electron chi connectivity index (χ2n) is 6.87. The molecule has 3 heteroatoms. The minimum absolute atomic E-state index is 0.153. The Labute approximate surface area is 137 Å². The van der Waals surface area contributed by atoms with E-state index >= 15 is 0 Å². The van der Waals surface area contributed by atoms with Crippen molar-refractivity contribution in [3.05, 3.63) is 35.9 Å². The van der Waals surface area contributed by atoms with E-state index in [2.05, 4.69) is 61.8 Å². The van der Waals surface area contributed by atoms with Gasteiger partial charge in [-0.3, -0.25) is 0 Å². The highest BCUT2D eigenvalue weighted by Gasteiger charge is 2.17. The van der Waals surface area contributed by atoms with Gasteiger partial charge in [0.1, 0.15) is 0 Å². The molecule has 0 aliphatic carbocycles. The zero-order valence-corrected chi connectivity index (χ0v) is 15.7. The topological polar surface area (TPSA) is 18.5 Å². The number of benzene rings is 1. The predicted octanol–water partition coefficient (Wildman–Crippen LogP) is 4.90. The minimum Gasteiger partial charge on any atom is -0.356 e. The molecule has 122 valence electrons. The van der Waals surface area contributed by atoms with Crippen molar-refractivity contribution in [3.63, 3.8) is 0 Å². The third-order valence-electron chi connectivity index (χ3n) is 3.64. The monoisotopic (exact) mass is 318 g/mol. The van der Waals surface area contributed by atoms with E-state index in [4.69, 9.17) is 9.47 Å². The number of hydrogen-bond acceptors (Lipinski definition) is 2. The molecule has 1 unspecified atom stereocenters. The fraction of sp³-hybridized carbons (Fsp3) is 0.579. The van der Waals surface area contributed by atoms with Crippen LogP contribution in [0.3, 0.4) is 0 Å². The van der Waals surface area contributed by atoms with Crippen LogP contribution in [0.4, 0.5) is 0 Å². The lowest BCUT2D eigenvalue weighted by molar-refractivity contribution is -0.109. The molecule has 0 saturated carbocycles. The van der Waals surface area contributed by atoms with Crippen LogP contribution in [0.15, 0.2) is 30.3 Å². The van der Waals surface area contributed by atoms with Gasteiger partial charge in [-0.05, 0) is 17.9 Å². The van der Waals surface area contributed by atoms with Gasteiger partial charge in [-0.1, -0.05) is 50.0 Å². The lowest BCUT2D eigenvalue weighted by Crippen LogP contribution is -2.17. The molecule has 1 aromatic rings. The number of ether oxygens (including phenoxy) is 2. The Morgan fingerprint density at radius 2 is 1.64 bits per heavy atom. The first-order chi connectivity index (χ1) is 10.5. The van der Waals surface area contributed by atoms with Crippen molar-refractivity contribution in [3.8, 4) is 11.8 Å². The standard InChI is InChI=1S/C19H30O2Si/c1-20-19(21-2)16-18(17-12-8-6-9-13-17)14-10-7-11-15-22(3,4)5/h6,8-9,12-13,18-19H,10,14-16H2,1-5H3. The van der Waals surface area contributed by atoms with E-state index in [1.165, 1.54) is 5.56 Å². The fourth-order valence-electron chi connectivity index (χ4n) is 2.33. The molecule has 0 radical (unpaired) electrons. The second-order valence-corrected chi connectivity index (χ2v) is 12.3. The summed E-state index contributed by atoms with van der Waals surface area (Å²) in [5.74, 6) is 7.14. The summed E-state index contributed by atoms with van der Waals surface area (Å²) in [5.41, 5.74) is 1.34. The summed E-state index contributed by atoms with van der Waals surface area (Å²) in [6, 6.07) is 11.7. The van der Waals surface area contributed by atoms with Crippen LogP contribution in [0.2, 0.25) is 25.7 Å². The van der Waals surface area contributed by atoms with Gasteiger partial charge in [0.15, 0.2) is 6.29 Å². The molecular weight excluding hydrogens is 288 g/mol. The Balaban J connectivity index is 2.63. The smallest absolute Gasteiger partial charge is 0.157 e. The highest BCUT2D eigenvalue weighted by Crippen LogP contribution is 2.27. The third kappa shape index (κ3) is 7.79. The summed E-state index contributed by atoms with van der Waals surface area (Å²) >= 11 is 0. The number of methoxy groups -OCH3 is 2. The normalized spacial score (nSPS) is 12.8. The molecule has 0 saturated heterocycles. The molecule has 0 aliphatic heterocycles. The fourth-order valence-corrected chi connectivity index (χ4v) is 2.98. The summed E-state index contributed by atoms with van der Waals surface area (Å²) in [5, 5.41) is 0. The Bertz CT molecular complexity index is 464. The molecule has 2 nitrogen and oxygen atoms in total. The summed E-state index contributed by atoms with van der Waals surface area (Å²) in [7, 11) is 2.35. The van der Waals surface area contributed by atoms with Gasteiger partial charge in [-0.25, -0.2) is 0 Å². The highest BCUT2D eigenvalue weighted by atomic mass is 28.3. The van der Waals surface area contributed by atoms with Crippen LogP contribution in [0.1, 0.15) is 30.7 Å². The van der Waals surface area contributed by atoms with E-state index in [1.54, 1.807) is 14.2 Å². The number of hydrogen-bond donors (Lipinski definition) is 0. The van der Waals surface area contributed by atoms with E-state index in [-0.39, 0.29) is 6.29 Å². The van der Waals surface area contributed by atoms with Crippen molar-refractivity contribution in [2.45, 2.75) is 57.2 Å². The molecule has 0 N–H and O–H groups in total. The van der Waals surface area contributed by atoms with Gasteiger partial charge in [-0.15, -0.1) is 11.8 Å². The second kappa shape index (κ2) is 9.84. The number of rotatable bonds is 8. The van der Waals surface area contributed by atoms with Crippen molar-refractivity contribution < 1.29 is 9.47 Å². The Morgan fingerprint density at radius 3 is 2.18 bits per heavy atom. The molecule has 0 fully saturated rings.